The van der Waals surface area contributed by atoms with Gasteiger partial charge >= 0.3 is 11.9 Å². The summed E-state index contributed by atoms with van der Waals surface area (Å²) >= 11 is 0. The molecule has 3 fully saturated rings. The number of ether oxygens (including phenoxy) is 2. The van der Waals surface area contributed by atoms with E-state index in [-0.39, 0.29) is 61.2 Å². The van der Waals surface area contributed by atoms with Crippen LogP contribution in [0.5, 0.6) is 5.88 Å². The Bertz CT molecular complexity index is 1530. The summed E-state index contributed by atoms with van der Waals surface area (Å²) in [5.41, 5.74) is 0.160. The Morgan fingerprint density at radius 2 is 1.79 bits per heavy atom. The number of halogens is 3. The Hall–Kier alpha value is -3.62. The predicted octanol–water partition coefficient (Wildman–Crippen LogP) is 3.92. The molecule has 0 unspecified atom stereocenters. The molecule has 0 bridgehead atoms. The second-order valence-electron chi connectivity index (χ2n) is 11.6. The van der Waals surface area contributed by atoms with Crippen molar-refractivity contribution < 1.29 is 40.7 Å². The minimum absolute atomic E-state index is 0.000303. The average Bonchev–Trinajstić information content (AvgIpc) is 3.57. The summed E-state index contributed by atoms with van der Waals surface area (Å²) in [6.07, 6.45) is 1.07. The maximum absolute atomic E-state index is 15.7. The number of esters is 2. The first-order valence-corrected chi connectivity index (χ1v) is 15.8. The summed E-state index contributed by atoms with van der Waals surface area (Å²) in [7, 11) is -4.24. The van der Waals surface area contributed by atoms with Crippen LogP contribution >= 0.6 is 0 Å². The molecule has 3 heterocycles. The van der Waals surface area contributed by atoms with E-state index in [9.17, 15) is 26.8 Å². The highest BCUT2D eigenvalue weighted by atomic mass is 32.2. The lowest BCUT2D eigenvalue weighted by atomic mass is 9.96. The van der Waals surface area contributed by atoms with Gasteiger partial charge in [-0.25, -0.2) is 31.4 Å². The summed E-state index contributed by atoms with van der Waals surface area (Å²) in [5.74, 6) is -6.52. The number of rotatable bonds is 9. The number of fused-ring (bicyclic) bond motifs is 1. The van der Waals surface area contributed by atoms with Gasteiger partial charge in [0.1, 0.15) is 11.4 Å². The van der Waals surface area contributed by atoms with E-state index in [0.717, 1.165) is 18.9 Å². The fraction of sp³-hybridized carbons (Fsp3) is 0.571. The van der Waals surface area contributed by atoms with Gasteiger partial charge in [-0.2, -0.15) is 4.98 Å². The van der Waals surface area contributed by atoms with E-state index in [0.29, 0.717) is 24.7 Å². The van der Waals surface area contributed by atoms with Gasteiger partial charge in [-0.3, -0.25) is 9.52 Å². The molecule has 2 aliphatic heterocycles. The SMILES string of the molecule is CCOC(=O)CS(=O)(=O)Nc1cc(F)c(C(=O)Oc2cc(C)nc(N3CCC(F)(F)CC3)n2)c(N2CC[C@]3(C)C[C@@H]3C2)c1. The van der Waals surface area contributed by atoms with E-state index < -0.39 is 45.0 Å². The van der Waals surface area contributed by atoms with Crippen LogP contribution in [0.2, 0.25) is 0 Å². The standard InChI is InChI=1S/C28H34F3N5O6S/c1-4-41-23(37)16-43(39,40)34-19-12-20(29)24(21(13-19)36-8-5-27(3)14-18(27)15-36)25(38)42-22-11-17(2)32-26(33-22)35-9-6-28(30,31)7-10-35/h11-13,18,34H,4-10,14-16H2,1-3H3/t18-,27-/m1/s1. The van der Waals surface area contributed by atoms with E-state index in [1.807, 2.05) is 4.90 Å². The van der Waals surface area contributed by atoms with Gasteiger partial charge in [0.05, 0.1) is 18.0 Å². The van der Waals surface area contributed by atoms with E-state index in [1.54, 1.807) is 18.7 Å². The molecule has 3 aliphatic rings. The highest BCUT2D eigenvalue weighted by Crippen LogP contribution is 2.58. The first kappa shape index (κ1) is 30.8. The fourth-order valence-corrected chi connectivity index (χ4v) is 6.58. The van der Waals surface area contributed by atoms with Crippen LogP contribution < -0.4 is 19.3 Å². The molecule has 15 heteroatoms. The molecule has 43 heavy (non-hydrogen) atoms. The summed E-state index contributed by atoms with van der Waals surface area (Å²) in [5, 5.41) is 0. The highest BCUT2D eigenvalue weighted by Gasteiger charge is 2.53. The molecular formula is C28H34F3N5O6S. The molecule has 0 radical (unpaired) electrons. The Balaban J connectivity index is 1.43. The minimum atomic E-state index is -4.24. The zero-order valence-electron chi connectivity index (χ0n) is 24.2. The van der Waals surface area contributed by atoms with Crippen LogP contribution in [0.4, 0.5) is 30.5 Å². The van der Waals surface area contributed by atoms with Gasteiger partial charge in [-0.05, 0) is 50.2 Å². The van der Waals surface area contributed by atoms with Crippen molar-refractivity contribution in [2.24, 2.45) is 11.3 Å². The molecule has 5 rings (SSSR count). The number of aromatic nitrogens is 2. The molecular weight excluding hydrogens is 591 g/mol. The number of alkyl halides is 2. The molecule has 1 aromatic heterocycles. The summed E-state index contributed by atoms with van der Waals surface area (Å²) in [6, 6.07) is 3.57. The first-order valence-electron chi connectivity index (χ1n) is 14.1. The van der Waals surface area contributed by atoms with Crippen molar-refractivity contribution in [3.05, 3.63) is 35.3 Å². The average molecular weight is 626 g/mol. The second-order valence-corrected chi connectivity index (χ2v) is 13.4. The number of carbonyl (C=O) groups is 2. The van der Waals surface area contributed by atoms with Crippen LogP contribution in [0.15, 0.2) is 18.2 Å². The molecule has 2 atom stereocenters. The number of piperidine rings is 2. The largest absolute Gasteiger partial charge is 0.465 e. The molecule has 234 valence electrons. The van der Waals surface area contributed by atoms with E-state index in [1.165, 1.54) is 12.1 Å². The maximum atomic E-state index is 15.7. The summed E-state index contributed by atoms with van der Waals surface area (Å²) in [4.78, 5) is 37.2. The predicted molar refractivity (Wildman–Crippen MR) is 152 cm³/mol. The number of nitrogens with one attached hydrogen (secondary N) is 1. The zero-order valence-corrected chi connectivity index (χ0v) is 25.0. The number of anilines is 3. The van der Waals surface area contributed by atoms with Crippen LogP contribution in [0.3, 0.4) is 0 Å². The number of nitrogens with zero attached hydrogens (tertiary/aromatic N) is 4. The van der Waals surface area contributed by atoms with Crippen LogP contribution in [0.25, 0.3) is 0 Å². The molecule has 2 aromatic rings. The van der Waals surface area contributed by atoms with Crippen molar-refractivity contribution >= 4 is 39.3 Å². The lowest BCUT2D eigenvalue weighted by Crippen LogP contribution is -2.40. The van der Waals surface area contributed by atoms with Crippen LogP contribution in [0, 0.1) is 24.1 Å². The summed E-state index contributed by atoms with van der Waals surface area (Å²) < 4.78 is 80.6. The lowest BCUT2D eigenvalue weighted by molar-refractivity contribution is -0.139. The Kier molecular flexibility index (Phi) is 8.22. The molecule has 1 saturated carbocycles. The molecule has 0 spiro atoms. The van der Waals surface area contributed by atoms with Gasteiger partial charge in [-0.15, -0.1) is 0 Å². The van der Waals surface area contributed by atoms with Gasteiger partial charge < -0.3 is 19.3 Å². The van der Waals surface area contributed by atoms with Gasteiger partial charge in [0.15, 0.2) is 5.75 Å². The summed E-state index contributed by atoms with van der Waals surface area (Å²) in [6.45, 7) is 6.41. The molecule has 11 nitrogen and oxygen atoms in total. The van der Waals surface area contributed by atoms with Crippen molar-refractivity contribution in [3.8, 4) is 5.88 Å². The van der Waals surface area contributed by atoms with Crippen LogP contribution in [-0.4, -0.2) is 74.8 Å². The van der Waals surface area contributed by atoms with Crippen molar-refractivity contribution in [3.63, 3.8) is 0 Å². The smallest absolute Gasteiger partial charge is 0.350 e. The highest BCUT2D eigenvalue weighted by molar-refractivity contribution is 7.93. The number of sulfonamides is 1. The van der Waals surface area contributed by atoms with Gasteiger partial charge in [0, 0.05) is 50.8 Å². The number of hydrogen-bond acceptors (Lipinski definition) is 10. The van der Waals surface area contributed by atoms with Gasteiger partial charge in [0.2, 0.25) is 21.9 Å². The molecule has 2 saturated heterocycles. The quantitative estimate of drug-likeness (QED) is 0.409. The first-order chi connectivity index (χ1) is 20.2. The molecule has 1 N–H and O–H groups in total. The molecule has 1 aliphatic carbocycles. The topological polar surface area (TPSA) is 131 Å². The van der Waals surface area contributed by atoms with Gasteiger partial charge in [-0.1, -0.05) is 6.92 Å². The van der Waals surface area contributed by atoms with E-state index in [4.69, 9.17) is 9.47 Å². The second kappa shape index (κ2) is 11.5. The minimum Gasteiger partial charge on any atom is -0.465 e. The zero-order chi connectivity index (χ0) is 31.2. The van der Waals surface area contributed by atoms with Crippen LogP contribution in [-0.2, 0) is 19.6 Å². The number of aryl methyl sites for hydroxylation is 1. The van der Waals surface area contributed by atoms with Crippen molar-refractivity contribution in [2.45, 2.75) is 52.4 Å². The normalized spacial score (nSPS) is 22.9. The third-order valence-corrected chi connectivity index (χ3v) is 9.39. The monoisotopic (exact) mass is 625 g/mol. The van der Waals surface area contributed by atoms with Crippen molar-refractivity contribution in [1.82, 2.24) is 9.97 Å². The number of benzene rings is 1. The number of hydrogen-bond donors (Lipinski definition) is 1. The molecule has 0 amide bonds. The third-order valence-electron chi connectivity index (χ3n) is 8.23. The fourth-order valence-electron chi connectivity index (χ4n) is 5.64. The van der Waals surface area contributed by atoms with Crippen molar-refractivity contribution in [2.75, 3.05) is 53.1 Å². The molecule has 1 aromatic carbocycles. The Labute approximate surface area is 247 Å². The maximum Gasteiger partial charge on any atom is 0.350 e. The Morgan fingerprint density at radius 3 is 2.47 bits per heavy atom. The van der Waals surface area contributed by atoms with E-state index in [2.05, 4.69) is 21.6 Å². The third kappa shape index (κ3) is 7.13. The number of carbonyl (C=O) groups excluding carboxylic acids is 2. The Morgan fingerprint density at radius 1 is 1.09 bits per heavy atom. The van der Waals surface area contributed by atoms with Crippen molar-refractivity contribution in [1.29, 1.82) is 0 Å². The van der Waals surface area contributed by atoms with Gasteiger partial charge in [0.25, 0.3) is 5.92 Å². The van der Waals surface area contributed by atoms with Crippen LogP contribution in [0.1, 0.15) is 55.6 Å². The lowest BCUT2D eigenvalue weighted by Gasteiger charge is -2.33. The van der Waals surface area contributed by atoms with E-state index >= 15 is 4.39 Å².